The second kappa shape index (κ2) is 6.33. The van der Waals surface area contributed by atoms with Gasteiger partial charge in [0, 0.05) is 12.6 Å². The third-order valence-electron chi connectivity index (χ3n) is 2.46. The van der Waals surface area contributed by atoms with E-state index in [0.717, 1.165) is 13.0 Å². The van der Waals surface area contributed by atoms with Crippen LogP contribution in [0.4, 0.5) is 10.1 Å². The number of anilines is 1. The molecule has 1 aromatic carbocycles. The summed E-state index contributed by atoms with van der Waals surface area (Å²) in [5.41, 5.74) is 6.15. The van der Waals surface area contributed by atoms with Gasteiger partial charge in [-0.3, -0.25) is 0 Å². The summed E-state index contributed by atoms with van der Waals surface area (Å²) in [6.07, 6.45) is 0.949. The molecule has 0 bridgehead atoms. The largest absolute Gasteiger partial charge is 0.495 e. The van der Waals surface area contributed by atoms with E-state index >= 15 is 0 Å². The fourth-order valence-corrected chi connectivity index (χ4v) is 1.49. The molecule has 0 aliphatic heterocycles. The molecule has 3 N–H and O–H groups in total. The average molecular weight is 226 g/mol. The highest BCUT2D eigenvalue weighted by Crippen LogP contribution is 2.25. The summed E-state index contributed by atoms with van der Waals surface area (Å²) in [7, 11) is 1.57. The number of nitrogens with one attached hydrogen (secondary N) is 1. The molecule has 90 valence electrons. The molecule has 0 spiro atoms. The summed E-state index contributed by atoms with van der Waals surface area (Å²) in [4.78, 5) is 0. The molecule has 0 aromatic heterocycles. The first-order valence-corrected chi connectivity index (χ1v) is 5.45. The van der Waals surface area contributed by atoms with Crippen LogP contribution < -0.4 is 15.8 Å². The van der Waals surface area contributed by atoms with Gasteiger partial charge in [0.2, 0.25) is 0 Å². The molecule has 0 amide bonds. The topological polar surface area (TPSA) is 47.3 Å². The van der Waals surface area contributed by atoms with Crippen LogP contribution in [0.2, 0.25) is 0 Å². The maximum Gasteiger partial charge on any atom is 0.142 e. The van der Waals surface area contributed by atoms with Gasteiger partial charge in [0.05, 0.1) is 12.8 Å². The number of methoxy groups -OCH3 is 1. The van der Waals surface area contributed by atoms with Crippen molar-refractivity contribution < 1.29 is 9.13 Å². The molecule has 0 aliphatic rings. The second-order valence-electron chi connectivity index (χ2n) is 3.91. The maximum atomic E-state index is 13.0. The Morgan fingerprint density at radius 3 is 2.88 bits per heavy atom. The van der Waals surface area contributed by atoms with Crippen LogP contribution in [0.15, 0.2) is 18.2 Å². The molecule has 0 saturated heterocycles. The van der Waals surface area contributed by atoms with Gasteiger partial charge in [0.25, 0.3) is 0 Å². The highest BCUT2D eigenvalue weighted by atomic mass is 19.1. The third-order valence-corrected chi connectivity index (χ3v) is 2.46. The predicted molar refractivity (Wildman–Crippen MR) is 64.3 cm³/mol. The van der Waals surface area contributed by atoms with Crippen molar-refractivity contribution in [3.05, 3.63) is 24.0 Å². The van der Waals surface area contributed by atoms with Gasteiger partial charge >= 0.3 is 0 Å². The fourth-order valence-electron chi connectivity index (χ4n) is 1.49. The lowest BCUT2D eigenvalue weighted by molar-refractivity contribution is 0.415. The smallest absolute Gasteiger partial charge is 0.142 e. The average Bonchev–Trinajstić information content (AvgIpc) is 2.27. The summed E-state index contributed by atoms with van der Waals surface area (Å²) >= 11 is 0. The van der Waals surface area contributed by atoms with Gasteiger partial charge in [0.15, 0.2) is 0 Å². The quantitative estimate of drug-likeness (QED) is 0.782. The minimum absolute atomic E-state index is 0.269. The molecule has 3 nitrogen and oxygen atoms in total. The Labute approximate surface area is 95.8 Å². The Balaban J connectivity index is 2.61. The van der Waals surface area contributed by atoms with Crippen LogP contribution >= 0.6 is 0 Å². The van der Waals surface area contributed by atoms with Crippen molar-refractivity contribution in [2.24, 2.45) is 11.7 Å². The molecule has 1 unspecified atom stereocenters. The van der Waals surface area contributed by atoms with Crippen molar-refractivity contribution in [1.82, 2.24) is 0 Å². The summed E-state index contributed by atoms with van der Waals surface area (Å²) in [6.45, 7) is 3.53. The molecule has 0 fully saturated rings. The number of nitrogens with two attached hydrogens (primary N) is 1. The first kappa shape index (κ1) is 12.8. The van der Waals surface area contributed by atoms with Crippen LogP contribution in [-0.2, 0) is 0 Å². The van der Waals surface area contributed by atoms with E-state index in [1.54, 1.807) is 13.2 Å². The Morgan fingerprint density at radius 1 is 1.50 bits per heavy atom. The third kappa shape index (κ3) is 3.70. The fraction of sp³-hybridized carbons (Fsp3) is 0.500. The highest BCUT2D eigenvalue weighted by molar-refractivity contribution is 5.56. The second-order valence-corrected chi connectivity index (χ2v) is 3.91. The first-order valence-electron chi connectivity index (χ1n) is 5.45. The van der Waals surface area contributed by atoms with Crippen LogP contribution in [0.25, 0.3) is 0 Å². The maximum absolute atomic E-state index is 13.0. The molecule has 0 radical (unpaired) electrons. The van der Waals surface area contributed by atoms with E-state index in [0.29, 0.717) is 23.9 Å². The van der Waals surface area contributed by atoms with E-state index in [2.05, 4.69) is 12.2 Å². The molecule has 0 heterocycles. The lowest BCUT2D eigenvalue weighted by atomic mass is 10.1. The summed E-state index contributed by atoms with van der Waals surface area (Å²) in [6, 6.07) is 4.44. The lowest BCUT2D eigenvalue weighted by Crippen LogP contribution is -2.15. The Hall–Kier alpha value is -1.29. The zero-order valence-corrected chi connectivity index (χ0v) is 9.79. The number of benzene rings is 1. The zero-order chi connectivity index (χ0) is 12.0. The van der Waals surface area contributed by atoms with E-state index < -0.39 is 0 Å². The molecular formula is C12H19FN2O. The number of hydrogen-bond acceptors (Lipinski definition) is 3. The summed E-state index contributed by atoms with van der Waals surface area (Å²) in [5, 5.41) is 3.17. The minimum Gasteiger partial charge on any atom is -0.495 e. The van der Waals surface area contributed by atoms with Gasteiger partial charge in [-0.05, 0) is 31.0 Å². The number of ether oxygens (including phenoxy) is 1. The van der Waals surface area contributed by atoms with Gasteiger partial charge < -0.3 is 15.8 Å². The van der Waals surface area contributed by atoms with Gasteiger partial charge in [-0.25, -0.2) is 4.39 Å². The molecule has 1 aromatic rings. The molecule has 4 heteroatoms. The van der Waals surface area contributed by atoms with Crippen molar-refractivity contribution in [3.8, 4) is 5.75 Å². The van der Waals surface area contributed by atoms with Gasteiger partial charge in [-0.1, -0.05) is 6.92 Å². The highest BCUT2D eigenvalue weighted by Gasteiger charge is 2.06. The van der Waals surface area contributed by atoms with Crippen molar-refractivity contribution in [2.45, 2.75) is 13.3 Å². The monoisotopic (exact) mass is 226 g/mol. The van der Waals surface area contributed by atoms with Crippen LogP contribution in [0, 0.1) is 11.7 Å². The van der Waals surface area contributed by atoms with Crippen LogP contribution in [0.3, 0.4) is 0 Å². The van der Waals surface area contributed by atoms with Gasteiger partial charge in [-0.2, -0.15) is 0 Å². The summed E-state index contributed by atoms with van der Waals surface area (Å²) < 4.78 is 18.2. The zero-order valence-electron chi connectivity index (χ0n) is 9.79. The molecule has 16 heavy (non-hydrogen) atoms. The van der Waals surface area contributed by atoms with E-state index in [9.17, 15) is 4.39 Å². The predicted octanol–water partition coefficient (Wildman–Crippen LogP) is 2.23. The Bertz CT molecular complexity index is 331. The van der Waals surface area contributed by atoms with Crippen LogP contribution in [0.5, 0.6) is 5.75 Å². The van der Waals surface area contributed by atoms with E-state index in [4.69, 9.17) is 10.5 Å². The Kier molecular flexibility index (Phi) is 5.05. The van der Waals surface area contributed by atoms with Gasteiger partial charge in [0.1, 0.15) is 11.6 Å². The molecule has 1 rings (SSSR count). The Morgan fingerprint density at radius 2 is 2.25 bits per heavy atom. The van der Waals surface area contributed by atoms with Crippen molar-refractivity contribution in [3.63, 3.8) is 0 Å². The molecule has 0 saturated carbocycles. The number of hydrogen-bond donors (Lipinski definition) is 2. The standard InChI is InChI=1S/C12H19FN2O/c1-9(5-6-14)8-15-11-7-10(13)3-4-12(11)16-2/h3-4,7,9,15H,5-6,8,14H2,1-2H3. The van der Waals surface area contributed by atoms with Crippen molar-refractivity contribution in [2.75, 3.05) is 25.5 Å². The molecule has 0 aliphatic carbocycles. The van der Waals surface area contributed by atoms with E-state index in [-0.39, 0.29) is 5.82 Å². The normalized spacial score (nSPS) is 12.2. The van der Waals surface area contributed by atoms with Crippen molar-refractivity contribution >= 4 is 5.69 Å². The van der Waals surface area contributed by atoms with Crippen LogP contribution in [-0.4, -0.2) is 20.2 Å². The van der Waals surface area contributed by atoms with Crippen molar-refractivity contribution in [1.29, 1.82) is 0 Å². The summed E-state index contributed by atoms with van der Waals surface area (Å²) in [5.74, 6) is 0.842. The van der Waals surface area contributed by atoms with E-state index in [1.165, 1.54) is 12.1 Å². The minimum atomic E-state index is -0.269. The molecular weight excluding hydrogens is 207 g/mol. The molecule has 1 atom stereocenters. The van der Waals surface area contributed by atoms with Crippen LogP contribution in [0.1, 0.15) is 13.3 Å². The SMILES string of the molecule is COc1ccc(F)cc1NCC(C)CCN. The first-order chi connectivity index (χ1) is 7.67. The number of rotatable bonds is 6. The lowest BCUT2D eigenvalue weighted by Gasteiger charge is -2.15. The number of halogens is 1. The van der Waals surface area contributed by atoms with Gasteiger partial charge in [-0.15, -0.1) is 0 Å². The van der Waals surface area contributed by atoms with E-state index in [1.807, 2.05) is 0 Å².